The van der Waals surface area contributed by atoms with Gasteiger partial charge in [0.05, 0.1) is 13.7 Å². The van der Waals surface area contributed by atoms with E-state index in [-0.39, 0.29) is 5.75 Å². The zero-order valence-electron chi connectivity index (χ0n) is 9.20. The third-order valence-electron chi connectivity index (χ3n) is 1.97. The van der Waals surface area contributed by atoms with E-state index in [0.717, 1.165) is 0 Å². The van der Waals surface area contributed by atoms with Gasteiger partial charge in [0.2, 0.25) is 0 Å². The van der Waals surface area contributed by atoms with E-state index in [1.165, 1.54) is 13.2 Å². The Morgan fingerprint density at radius 2 is 2.31 bits per heavy atom. The molecule has 1 aromatic rings. The highest BCUT2D eigenvalue weighted by Gasteiger charge is 2.07. The lowest BCUT2D eigenvalue weighted by Gasteiger charge is -2.05. The lowest BCUT2D eigenvalue weighted by atomic mass is 10.1. The predicted molar refractivity (Wildman–Crippen MR) is 60.9 cm³/mol. The molecule has 0 atom stereocenters. The Kier molecular flexibility index (Phi) is 4.37. The summed E-state index contributed by atoms with van der Waals surface area (Å²) in [7, 11) is 3.23. The van der Waals surface area contributed by atoms with Gasteiger partial charge in [-0.1, -0.05) is 11.8 Å². The molecule has 0 spiro atoms. The second-order valence-electron chi connectivity index (χ2n) is 3.06. The van der Waals surface area contributed by atoms with Crippen LogP contribution in [0.4, 0.5) is 0 Å². The van der Waals surface area contributed by atoms with Crippen LogP contribution in [0.2, 0.25) is 0 Å². The third kappa shape index (κ3) is 2.75. The number of ether oxygens (including phenoxy) is 1. The van der Waals surface area contributed by atoms with Crippen molar-refractivity contribution in [3.05, 3.63) is 23.3 Å². The molecule has 4 heteroatoms. The molecule has 0 aromatic heterocycles. The summed E-state index contributed by atoms with van der Waals surface area (Å²) in [6, 6.07) is 2.89. The zero-order chi connectivity index (χ0) is 12.0. The van der Waals surface area contributed by atoms with Gasteiger partial charge in [0.25, 0.3) is 0 Å². The highest BCUT2D eigenvalue weighted by atomic mass is 16.5. The number of phenolic OH excluding ortho intramolecular Hbond substituents is 1. The van der Waals surface area contributed by atoms with Gasteiger partial charge in [-0.05, 0) is 13.1 Å². The van der Waals surface area contributed by atoms with Gasteiger partial charge >= 0.3 is 0 Å². The molecule has 0 saturated heterocycles. The molecule has 0 aliphatic rings. The first kappa shape index (κ1) is 12.1. The second-order valence-corrected chi connectivity index (χ2v) is 3.06. The van der Waals surface area contributed by atoms with Gasteiger partial charge in [-0.25, -0.2) is 0 Å². The maximum atomic E-state index is 10.8. The molecule has 0 fully saturated rings. The number of phenols is 1. The van der Waals surface area contributed by atoms with E-state index in [1.54, 1.807) is 13.1 Å². The average molecular weight is 219 g/mol. The van der Waals surface area contributed by atoms with E-state index in [1.807, 2.05) is 0 Å². The molecule has 0 aliphatic carbocycles. The van der Waals surface area contributed by atoms with Crippen LogP contribution in [0.1, 0.15) is 15.9 Å². The number of hydrogen-bond acceptors (Lipinski definition) is 4. The largest absolute Gasteiger partial charge is 0.504 e. The number of rotatable bonds is 3. The van der Waals surface area contributed by atoms with Gasteiger partial charge in [-0.2, -0.15) is 0 Å². The topological polar surface area (TPSA) is 58.6 Å². The van der Waals surface area contributed by atoms with Crippen LogP contribution < -0.4 is 10.1 Å². The number of hydrogen-bond donors (Lipinski definition) is 2. The Morgan fingerprint density at radius 3 is 2.88 bits per heavy atom. The summed E-state index contributed by atoms with van der Waals surface area (Å²) in [4.78, 5) is 10.8. The Morgan fingerprint density at radius 1 is 1.56 bits per heavy atom. The molecule has 1 aromatic carbocycles. The van der Waals surface area contributed by atoms with E-state index in [0.29, 0.717) is 29.7 Å². The van der Waals surface area contributed by atoms with Crippen LogP contribution in [0.3, 0.4) is 0 Å². The maximum Gasteiger partial charge on any atom is 0.161 e. The summed E-state index contributed by atoms with van der Waals surface area (Å²) >= 11 is 0. The standard InChI is InChI=1S/C12H13NO3/c1-13-5-3-4-9-7-12(16-2)11(15)6-10(9)8-14/h6-8,13,15H,5H2,1-2H3. The third-order valence-corrected chi connectivity index (χ3v) is 1.97. The average Bonchev–Trinajstić information content (AvgIpc) is 2.30. The highest BCUT2D eigenvalue weighted by Crippen LogP contribution is 2.28. The molecule has 0 amide bonds. The van der Waals surface area contributed by atoms with Gasteiger partial charge in [0, 0.05) is 17.2 Å². The monoisotopic (exact) mass is 219 g/mol. The van der Waals surface area contributed by atoms with Crippen molar-refractivity contribution < 1.29 is 14.6 Å². The maximum absolute atomic E-state index is 10.8. The summed E-state index contributed by atoms with van der Waals surface area (Å²) < 4.78 is 4.94. The molecule has 0 bridgehead atoms. The fourth-order valence-corrected chi connectivity index (χ4v) is 1.18. The van der Waals surface area contributed by atoms with Crippen LogP contribution >= 0.6 is 0 Å². The van der Waals surface area contributed by atoms with E-state index in [2.05, 4.69) is 17.2 Å². The first-order valence-corrected chi connectivity index (χ1v) is 4.72. The Labute approximate surface area is 94.2 Å². The van der Waals surface area contributed by atoms with Crippen LogP contribution in [0.15, 0.2) is 12.1 Å². The molecule has 0 heterocycles. The molecule has 84 valence electrons. The SMILES string of the molecule is CNCC#Cc1cc(OC)c(O)cc1C=O. The minimum Gasteiger partial charge on any atom is -0.504 e. The van der Waals surface area contributed by atoms with Gasteiger partial charge in [-0.15, -0.1) is 0 Å². The quantitative estimate of drug-likeness (QED) is 0.582. The van der Waals surface area contributed by atoms with Crippen molar-refractivity contribution in [3.63, 3.8) is 0 Å². The predicted octanol–water partition coefficient (Wildman–Crippen LogP) is 0.784. The van der Waals surface area contributed by atoms with E-state index in [4.69, 9.17) is 4.74 Å². The number of aldehydes is 1. The van der Waals surface area contributed by atoms with Crippen LogP contribution in [-0.2, 0) is 0 Å². The number of nitrogens with one attached hydrogen (secondary N) is 1. The normalized spacial score (nSPS) is 9.12. The van der Waals surface area contributed by atoms with Crippen molar-refractivity contribution in [2.75, 3.05) is 20.7 Å². The zero-order valence-corrected chi connectivity index (χ0v) is 9.20. The molecule has 0 saturated carbocycles. The first-order chi connectivity index (χ1) is 7.72. The van der Waals surface area contributed by atoms with Gasteiger partial charge < -0.3 is 15.2 Å². The summed E-state index contributed by atoms with van der Waals surface area (Å²) in [5.74, 6) is 5.91. The summed E-state index contributed by atoms with van der Waals surface area (Å²) in [6.45, 7) is 0.529. The van der Waals surface area contributed by atoms with Crippen LogP contribution in [-0.4, -0.2) is 32.1 Å². The summed E-state index contributed by atoms with van der Waals surface area (Å²) in [6.07, 6.45) is 0.655. The smallest absolute Gasteiger partial charge is 0.161 e. The summed E-state index contributed by atoms with van der Waals surface area (Å²) in [5.41, 5.74) is 0.891. The molecular formula is C12H13NO3. The minimum absolute atomic E-state index is 0.0660. The van der Waals surface area contributed by atoms with Crippen molar-refractivity contribution in [2.24, 2.45) is 0 Å². The number of aromatic hydroxyl groups is 1. The molecule has 2 N–H and O–H groups in total. The molecule has 16 heavy (non-hydrogen) atoms. The Hall–Kier alpha value is -1.99. The fourth-order valence-electron chi connectivity index (χ4n) is 1.18. The van der Waals surface area contributed by atoms with Crippen molar-refractivity contribution in [3.8, 4) is 23.3 Å². The van der Waals surface area contributed by atoms with Crippen LogP contribution in [0.5, 0.6) is 11.5 Å². The van der Waals surface area contributed by atoms with Gasteiger partial charge in [-0.3, -0.25) is 4.79 Å². The van der Waals surface area contributed by atoms with Crippen molar-refractivity contribution in [1.29, 1.82) is 0 Å². The number of carbonyl (C=O) groups excluding carboxylic acids is 1. The van der Waals surface area contributed by atoms with Crippen LogP contribution in [0, 0.1) is 11.8 Å². The number of methoxy groups -OCH3 is 1. The number of carbonyl (C=O) groups is 1. The molecule has 4 nitrogen and oxygen atoms in total. The van der Waals surface area contributed by atoms with Gasteiger partial charge in [0.1, 0.15) is 0 Å². The van der Waals surface area contributed by atoms with Crippen molar-refractivity contribution in [2.45, 2.75) is 0 Å². The number of benzene rings is 1. The van der Waals surface area contributed by atoms with Gasteiger partial charge in [0.15, 0.2) is 17.8 Å². The molecular weight excluding hydrogens is 206 g/mol. The highest BCUT2D eigenvalue weighted by molar-refractivity contribution is 5.81. The second kappa shape index (κ2) is 5.79. The van der Waals surface area contributed by atoms with E-state index < -0.39 is 0 Å². The first-order valence-electron chi connectivity index (χ1n) is 4.72. The lowest BCUT2D eigenvalue weighted by Crippen LogP contribution is -2.04. The molecule has 0 aliphatic heterocycles. The van der Waals surface area contributed by atoms with E-state index >= 15 is 0 Å². The van der Waals surface area contributed by atoms with E-state index in [9.17, 15) is 9.90 Å². The van der Waals surface area contributed by atoms with Crippen LogP contribution in [0.25, 0.3) is 0 Å². The Balaban J connectivity index is 3.16. The fraction of sp³-hybridized carbons (Fsp3) is 0.250. The molecule has 0 unspecified atom stereocenters. The Bertz CT molecular complexity index is 444. The summed E-state index contributed by atoms with van der Waals surface area (Å²) in [5, 5.41) is 12.3. The van der Waals surface area contributed by atoms with Crippen molar-refractivity contribution >= 4 is 6.29 Å². The molecule has 0 radical (unpaired) electrons. The minimum atomic E-state index is -0.0660. The molecule has 1 rings (SSSR count). The lowest BCUT2D eigenvalue weighted by molar-refractivity contribution is 0.112. The van der Waals surface area contributed by atoms with Crippen molar-refractivity contribution in [1.82, 2.24) is 5.32 Å².